The predicted molar refractivity (Wildman–Crippen MR) is 103 cm³/mol. The molecule has 0 saturated carbocycles. The Bertz CT molecular complexity index is 829. The first kappa shape index (κ1) is 17.8. The molecule has 2 N–H and O–H groups in total. The zero-order valence-corrected chi connectivity index (χ0v) is 15.2. The van der Waals surface area contributed by atoms with Gasteiger partial charge in [-0.15, -0.1) is 0 Å². The minimum absolute atomic E-state index is 0.167. The third-order valence-electron chi connectivity index (χ3n) is 4.13. The van der Waals surface area contributed by atoms with Crippen LogP contribution < -0.4 is 20.1 Å². The minimum atomic E-state index is -0.167. The number of likely N-dealkylation sites (N-methyl/N-ethyl adjacent to an activating group) is 1. The molecule has 0 aromatic heterocycles. The normalized spacial score (nSPS) is 15.2. The Morgan fingerprint density at radius 2 is 1.92 bits per heavy atom. The van der Waals surface area contributed by atoms with Crippen molar-refractivity contribution in [3.05, 3.63) is 53.8 Å². The molecular weight excluding hydrogens is 330 g/mol. The van der Waals surface area contributed by atoms with Gasteiger partial charge in [-0.3, -0.25) is 4.79 Å². The number of fused-ring (bicyclic) bond motifs is 1. The Hall–Kier alpha value is -2.99. The lowest BCUT2D eigenvalue weighted by molar-refractivity contribution is -0.117. The van der Waals surface area contributed by atoms with Crippen LogP contribution in [0, 0.1) is 0 Å². The highest BCUT2D eigenvalue weighted by Crippen LogP contribution is 2.37. The van der Waals surface area contributed by atoms with E-state index in [0.29, 0.717) is 18.0 Å². The maximum Gasteiger partial charge on any atom is 0.294 e. The second-order valence-corrected chi connectivity index (χ2v) is 6.37. The number of carbonyl (C=O) groups excluding carboxylic acids is 1. The molecule has 136 valence electrons. The van der Waals surface area contributed by atoms with Gasteiger partial charge in [-0.2, -0.15) is 0 Å². The van der Waals surface area contributed by atoms with Crippen LogP contribution in [0.25, 0.3) is 6.08 Å². The lowest BCUT2D eigenvalue weighted by Gasteiger charge is -2.31. The van der Waals surface area contributed by atoms with Gasteiger partial charge < -0.3 is 25.0 Å². The Kier molecular flexibility index (Phi) is 5.14. The van der Waals surface area contributed by atoms with Crippen LogP contribution in [-0.2, 0) is 4.79 Å². The summed E-state index contributed by atoms with van der Waals surface area (Å²) in [6.07, 6.45) is 1.73. The average Bonchev–Trinajstić information content (AvgIpc) is 2.62. The van der Waals surface area contributed by atoms with Gasteiger partial charge in [0.25, 0.3) is 5.91 Å². The van der Waals surface area contributed by atoms with Crippen molar-refractivity contribution in [2.45, 2.75) is 0 Å². The highest BCUT2D eigenvalue weighted by atomic mass is 16.5. The highest BCUT2D eigenvalue weighted by Gasteiger charge is 2.30. The van der Waals surface area contributed by atoms with Crippen molar-refractivity contribution in [3.63, 3.8) is 0 Å². The Labute approximate surface area is 153 Å². The summed E-state index contributed by atoms with van der Waals surface area (Å²) in [7, 11) is 5.57. The van der Waals surface area contributed by atoms with Gasteiger partial charge >= 0.3 is 0 Å². The summed E-state index contributed by atoms with van der Waals surface area (Å²) in [6.45, 7) is 1.30. The Morgan fingerprint density at radius 1 is 1.19 bits per heavy atom. The largest absolute Gasteiger partial charge is 0.497 e. The summed E-state index contributed by atoms with van der Waals surface area (Å²) in [6, 6.07) is 12.8. The topological polar surface area (TPSA) is 68.0 Å². The standard InChI is InChI=1S/C20H23N3O3/c1-22(2)10-11-23-17-9-6-15(21)13-18(17)26-19(20(23)24)12-14-4-7-16(25-3)8-5-14/h4-9,12-13H,10-11,21H2,1-3H3/b19-12+. The van der Waals surface area contributed by atoms with Crippen LogP contribution in [-0.4, -0.2) is 45.1 Å². The molecular formula is C20H23N3O3. The molecule has 6 nitrogen and oxygen atoms in total. The first-order valence-electron chi connectivity index (χ1n) is 8.37. The van der Waals surface area contributed by atoms with Gasteiger partial charge in [-0.05, 0) is 50.0 Å². The van der Waals surface area contributed by atoms with E-state index in [-0.39, 0.29) is 11.7 Å². The van der Waals surface area contributed by atoms with Crippen molar-refractivity contribution >= 4 is 23.4 Å². The number of hydrogen-bond acceptors (Lipinski definition) is 5. The highest BCUT2D eigenvalue weighted by molar-refractivity contribution is 6.10. The van der Waals surface area contributed by atoms with Crippen molar-refractivity contribution in [1.29, 1.82) is 0 Å². The van der Waals surface area contributed by atoms with Crippen molar-refractivity contribution < 1.29 is 14.3 Å². The molecule has 0 radical (unpaired) electrons. The van der Waals surface area contributed by atoms with E-state index in [1.807, 2.05) is 49.3 Å². The summed E-state index contributed by atoms with van der Waals surface area (Å²) < 4.78 is 11.0. The molecule has 0 saturated heterocycles. The first-order valence-corrected chi connectivity index (χ1v) is 8.37. The predicted octanol–water partition coefficient (Wildman–Crippen LogP) is 2.61. The van der Waals surface area contributed by atoms with Crippen LogP contribution in [0.4, 0.5) is 11.4 Å². The number of carbonyl (C=O) groups is 1. The third kappa shape index (κ3) is 3.81. The monoisotopic (exact) mass is 353 g/mol. The molecule has 6 heteroatoms. The number of nitrogen functional groups attached to an aromatic ring is 1. The molecule has 0 unspecified atom stereocenters. The molecule has 1 aliphatic heterocycles. The number of nitrogens with zero attached hydrogens (tertiary/aromatic N) is 2. The van der Waals surface area contributed by atoms with Crippen LogP contribution in [0.2, 0.25) is 0 Å². The van der Waals surface area contributed by atoms with Crippen molar-refractivity contribution in [3.8, 4) is 11.5 Å². The van der Waals surface area contributed by atoms with Gasteiger partial charge in [-0.25, -0.2) is 0 Å². The molecule has 0 fully saturated rings. The maximum absolute atomic E-state index is 13.0. The molecule has 26 heavy (non-hydrogen) atoms. The second kappa shape index (κ2) is 7.49. The number of anilines is 2. The summed E-state index contributed by atoms with van der Waals surface area (Å²) in [5.41, 5.74) is 8.07. The molecule has 2 aromatic carbocycles. The number of rotatable bonds is 5. The second-order valence-electron chi connectivity index (χ2n) is 6.37. The number of ether oxygens (including phenoxy) is 2. The molecule has 0 spiro atoms. The molecule has 1 aliphatic rings. The summed E-state index contributed by atoms with van der Waals surface area (Å²) in [5.74, 6) is 1.45. The number of benzene rings is 2. The number of methoxy groups -OCH3 is 1. The number of nitrogens with two attached hydrogens (primary N) is 1. The molecule has 1 amide bonds. The SMILES string of the molecule is COc1ccc(/C=C2/Oc3cc(N)ccc3N(CCN(C)C)C2=O)cc1. The van der Waals surface area contributed by atoms with Gasteiger partial charge in [0.15, 0.2) is 11.5 Å². The minimum Gasteiger partial charge on any atom is -0.497 e. The van der Waals surface area contributed by atoms with Gasteiger partial charge in [0.05, 0.1) is 12.8 Å². The third-order valence-corrected chi connectivity index (χ3v) is 4.13. The first-order chi connectivity index (χ1) is 12.5. The van der Waals surface area contributed by atoms with E-state index in [1.165, 1.54) is 0 Å². The molecule has 1 heterocycles. The van der Waals surface area contributed by atoms with Crippen LogP contribution >= 0.6 is 0 Å². The van der Waals surface area contributed by atoms with Crippen molar-refractivity contribution in [2.75, 3.05) is 44.9 Å². The van der Waals surface area contributed by atoms with Gasteiger partial charge in [-0.1, -0.05) is 12.1 Å². The smallest absolute Gasteiger partial charge is 0.294 e. The van der Waals surface area contributed by atoms with E-state index < -0.39 is 0 Å². The Balaban J connectivity index is 1.96. The van der Waals surface area contributed by atoms with Crippen LogP contribution in [0.15, 0.2) is 48.2 Å². The summed E-state index contributed by atoms with van der Waals surface area (Å²) in [4.78, 5) is 16.7. The lowest BCUT2D eigenvalue weighted by Crippen LogP contribution is -2.41. The van der Waals surface area contributed by atoms with Gasteiger partial charge in [0.1, 0.15) is 5.75 Å². The van der Waals surface area contributed by atoms with E-state index in [0.717, 1.165) is 23.5 Å². The molecule has 0 bridgehead atoms. The van der Waals surface area contributed by atoms with E-state index in [2.05, 4.69) is 0 Å². The quantitative estimate of drug-likeness (QED) is 0.661. The van der Waals surface area contributed by atoms with Gasteiger partial charge in [0.2, 0.25) is 0 Å². The molecule has 3 rings (SSSR count). The van der Waals surface area contributed by atoms with Crippen molar-refractivity contribution in [2.24, 2.45) is 0 Å². The van der Waals surface area contributed by atoms with Crippen LogP contribution in [0.1, 0.15) is 5.56 Å². The van der Waals surface area contributed by atoms with E-state index >= 15 is 0 Å². The molecule has 0 atom stereocenters. The fourth-order valence-corrected chi connectivity index (χ4v) is 2.70. The van der Waals surface area contributed by atoms with Crippen molar-refractivity contribution in [1.82, 2.24) is 4.90 Å². The fraction of sp³-hybridized carbons (Fsp3) is 0.250. The van der Waals surface area contributed by atoms with E-state index in [1.54, 1.807) is 30.2 Å². The van der Waals surface area contributed by atoms with E-state index in [9.17, 15) is 4.79 Å². The number of hydrogen-bond donors (Lipinski definition) is 1. The molecule has 2 aromatic rings. The lowest BCUT2D eigenvalue weighted by atomic mass is 10.1. The molecule has 0 aliphatic carbocycles. The summed E-state index contributed by atoms with van der Waals surface area (Å²) in [5, 5.41) is 0. The van der Waals surface area contributed by atoms with Gasteiger partial charge in [0, 0.05) is 24.8 Å². The number of amides is 1. The van der Waals surface area contributed by atoms with E-state index in [4.69, 9.17) is 15.2 Å². The zero-order valence-electron chi connectivity index (χ0n) is 15.2. The maximum atomic E-state index is 13.0. The Morgan fingerprint density at radius 3 is 2.58 bits per heavy atom. The van der Waals surface area contributed by atoms with Crippen LogP contribution in [0.3, 0.4) is 0 Å². The van der Waals surface area contributed by atoms with Crippen LogP contribution in [0.5, 0.6) is 11.5 Å². The zero-order chi connectivity index (χ0) is 18.7. The summed E-state index contributed by atoms with van der Waals surface area (Å²) >= 11 is 0. The average molecular weight is 353 g/mol. The fourth-order valence-electron chi connectivity index (χ4n) is 2.70.